The molecule has 0 rings (SSSR count). The lowest BCUT2D eigenvalue weighted by Crippen LogP contribution is -2.10. The van der Waals surface area contributed by atoms with Crippen LogP contribution in [0.3, 0.4) is 0 Å². The molecule has 3 heteroatoms. The van der Waals surface area contributed by atoms with Crippen LogP contribution in [0.2, 0.25) is 12.6 Å². The van der Waals surface area contributed by atoms with Crippen LogP contribution in [0.25, 0.3) is 0 Å². The molecular weight excluding hydrogens is 168 g/mol. The smallest absolute Gasteiger partial charge is 0.224 e. The lowest BCUT2D eigenvalue weighted by molar-refractivity contribution is -0.184. The van der Waals surface area contributed by atoms with Gasteiger partial charge in [-0.1, -0.05) is 26.0 Å². The zero-order valence-electron chi connectivity index (χ0n) is 8.54. The molecule has 0 aromatic rings. The topological polar surface area (TPSA) is 18.5 Å². The Morgan fingerprint density at radius 2 is 2.00 bits per heavy atom. The van der Waals surface area contributed by atoms with Gasteiger partial charge in [-0.2, -0.15) is 0 Å². The maximum absolute atomic E-state index is 5.04. The van der Waals surface area contributed by atoms with Crippen molar-refractivity contribution in [1.29, 1.82) is 0 Å². The highest BCUT2D eigenvalue weighted by Gasteiger charge is 2.01. The van der Waals surface area contributed by atoms with Gasteiger partial charge >= 0.3 is 0 Å². The van der Waals surface area contributed by atoms with Gasteiger partial charge in [0.1, 0.15) is 0 Å². The minimum atomic E-state index is -1.07. The van der Waals surface area contributed by atoms with Gasteiger partial charge in [0.05, 0.1) is 7.11 Å². The van der Waals surface area contributed by atoms with Crippen molar-refractivity contribution in [3.63, 3.8) is 0 Å². The fourth-order valence-electron chi connectivity index (χ4n) is 0.860. The van der Waals surface area contributed by atoms with Crippen LogP contribution >= 0.6 is 0 Å². The second-order valence-corrected chi connectivity index (χ2v) is 5.70. The summed E-state index contributed by atoms with van der Waals surface area (Å²) >= 11 is 0. The van der Waals surface area contributed by atoms with Gasteiger partial charge in [-0.25, -0.2) is 0 Å². The van der Waals surface area contributed by atoms with Crippen molar-refractivity contribution < 1.29 is 9.46 Å². The summed E-state index contributed by atoms with van der Waals surface area (Å²) in [6, 6.07) is 1.06. The molecule has 0 aromatic carbocycles. The first kappa shape index (κ1) is 11.9. The molecule has 0 amide bonds. The zero-order valence-corrected chi connectivity index (χ0v) is 9.69. The molecule has 1 atom stereocenters. The largest absolute Gasteiger partial charge is 0.291 e. The van der Waals surface area contributed by atoms with E-state index in [-0.39, 0.29) is 0 Å². The van der Waals surface area contributed by atoms with Crippen LogP contribution in [0.1, 0.15) is 20.3 Å². The zero-order chi connectivity index (χ0) is 9.40. The minimum absolute atomic E-state index is 0.751. The molecule has 0 radical (unpaired) electrons. The summed E-state index contributed by atoms with van der Waals surface area (Å²) in [6.07, 6.45) is 5.59. The van der Waals surface area contributed by atoms with Crippen molar-refractivity contribution >= 4 is 9.04 Å². The van der Waals surface area contributed by atoms with Crippen LogP contribution in [0.4, 0.5) is 0 Å². The average molecular weight is 188 g/mol. The van der Waals surface area contributed by atoms with Gasteiger partial charge < -0.3 is 0 Å². The molecule has 72 valence electrons. The Bertz CT molecular complexity index is 124. The van der Waals surface area contributed by atoms with Crippen LogP contribution in [0.15, 0.2) is 12.2 Å². The molecule has 1 unspecified atom stereocenters. The molecule has 0 saturated heterocycles. The van der Waals surface area contributed by atoms with Crippen molar-refractivity contribution in [3.8, 4) is 0 Å². The lowest BCUT2D eigenvalue weighted by atomic mass is 10.1. The fourth-order valence-corrected chi connectivity index (χ4v) is 1.84. The van der Waals surface area contributed by atoms with E-state index in [1.165, 1.54) is 0 Å². The normalized spacial score (nSPS) is 14.4. The Kier molecular flexibility index (Phi) is 7.44. The van der Waals surface area contributed by atoms with Crippen molar-refractivity contribution in [2.24, 2.45) is 5.92 Å². The highest BCUT2D eigenvalue weighted by Crippen LogP contribution is 2.02. The van der Waals surface area contributed by atoms with Crippen LogP contribution in [0, 0.1) is 5.92 Å². The summed E-state index contributed by atoms with van der Waals surface area (Å²) in [5, 5.41) is 0. The number of hydrogen-bond acceptors (Lipinski definition) is 2. The van der Waals surface area contributed by atoms with Gasteiger partial charge in [0.15, 0.2) is 0 Å². The molecule has 0 aliphatic rings. The van der Waals surface area contributed by atoms with Crippen molar-refractivity contribution in [2.75, 3.05) is 7.11 Å². The van der Waals surface area contributed by atoms with Gasteiger partial charge in [-0.05, 0) is 24.9 Å². The van der Waals surface area contributed by atoms with E-state index < -0.39 is 9.04 Å². The Balaban J connectivity index is 3.33. The van der Waals surface area contributed by atoms with E-state index in [1.54, 1.807) is 7.11 Å². The first-order valence-electron chi connectivity index (χ1n) is 4.51. The Labute approximate surface area is 77.2 Å². The summed E-state index contributed by atoms with van der Waals surface area (Å²) in [5.74, 6) is 0.751. The monoisotopic (exact) mass is 188 g/mol. The van der Waals surface area contributed by atoms with Gasteiger partial charge in [0.2, 0.25) is 9.04 Å². The second kappa shape index (κ2) is 7.52. The highest BCUT2D eigenvalue weighted by molar-refractivity contribution is 6.50. The first-order valence-corrected chi connectivity index (χ1v) is 6.95. The molecule has 0 fully saturated rings. The fraction of sp³-hybridized carbons (Fsp3) is 0.778. The van der Waals surface area contributed by atoms with Crippen molar-refractivity contribution in [2.45, 2.75) is 32.9 Å². The van der Waals surface area contributed by atoms with Crippen LogP contribution in [-0.2, 0) is 9.46 Å². The summed E-state index contributed by atoms with van der Waals surface area (Å²) in [6.45, 7) is 6.57. The molecular formula is C9H20O2Si. The molecule has 0 spiro atoms. The van der Waals surface area contributed by atoms with E-state index in [0.29, 0.717) is 0 Å². The van der Waals surface area contributed by atoms with E-state index in [0.717, 1.165) is 18.4 Å². The van der Waals surface area contributed by atoms with E-state index in [4.69, 9.17) is 4.58 Å². The van der Waals surface area contributed by atoms with E-state index in [9.17, 15) is 0 Å². The second-order valence-electron chi connectivity index (χ2n) is 3.41. The molecule has 2 nitrogen and oxygen atoms in total. The van der Waals surface area contributed by atoms with Crippen molar-refractivity contribution in [1.82, 2.24) is 0 Å². The maximum Gasteiger partial charge on any atom is 0.224 e. The lowest BCUT2D eigenvalue weighted by Gasteiger charge is -2.04. The summed E-state index contributed by atoms with van der Waals surface area (Å²) in [5.41, 5.74) is 0. The van der Waals surface area contributed by atoms with Gasteiger partial charge in [-0.15, -0.1) is 0 Å². The van der Waals surface area contributed by atoms with Crippen LogP contribution < -0.4 is 0 Å². The Morgan fingerprint density at radius 1 is 1.33 bits per heavy atom. The summed E-state index contributed by atoms with van der Waals surface area (Å²) < 4.78 is 5.04. The van der Waals surface area contributed by atoms with Crippen LogP contribution in [0.5, 0.6) is 0 Å². The quantitative estimate of drug-likeness (QED) is 0.276. The van der Waals surface area contributed by atoms with E-state index in [2.05, 4.69) is 37.4 Å². The maximum atomic E-state index is 5.04. The third-order valence-corrected chi connectivity index (χ3v) is 2.96. The highest BCUT2D eigenvalue weighted by atomic mass is 28.3. The van der Waals surface area contributed by atoms with Crippen LogP contribution in [-0.4, -0.2) is 16.2 Å². The third-order valence-electron chi connectivity index (χ3n) is 1.50. The third kappa shape index (κ3) is 7.98. The molecule has 0 bridgehead atoms. The molecule has 0 heterocycles. The summed E-state index contributed by atoms with van der Waals surface area (Å²) in [4.78, 5) is 4.61. The number of rotatable bonds is 6. The predicted molar refractivity (Wildman–Crippen MR) is 54.5 cm³/mol. The number of allylic oxidation sites excluding steroid dienone is 2. The average Bonchev–Trinajstić information content (AvgIpc) is 1.98. The molecule has 0 saturated carbocycles. The Morgan fingerprint density at radius 3 is 2.50 bits per heavy atom. The van der Waals surface area contributed by atoms with Gasteiger partial charge in [-0.3, -0.25) is 9.46 Å². The van der Waals surface area contributed by atoms with Gasteiger partial charge in [0, 0.05) is 0 Å². The van der Waals surface area contributed by atoms with E-state index >= 15 is 0 Å². The minimum Gasteiger partial charge on any atom is -0.291 e. The number of hydrogen-bond donors (Lipinski definition) is 0. The van der Waals surface area contributed by atoms with E-state index in [1.807, 2.05) is 0 Å². The molecule has 0 aliphatic carbocycles. The molecule has 0 aromatic heterocycles. The molecule has 0 N–H and O–H groups in total. The Hall–Kier alpha value is -0.123. The first-order chi connectivity index (χ1) is 5.66. The summed E-state index contributed by atoms with van der Waals surface area (Å²) in [7, 11) is 0.497. The molecule has 0 aliphatic heterocycles. The molecule has 12 heavy (non-hydrogen) atoms. The van der Waals surface area contributed by atoms with Gasteiger partial charge in [0.25, 0.3) is 0 Å². The standard InChI is InChI=1S/C9H20O2Si/c1-9(2)7-5-6-8-12(4)11-10-3/h5-6,9,12H,7-8H2,1-4H3. The van der Waals surface area contributed by atoms with Crippen molar-refractivity contribution in [3.05, 3.63) is 12.2 Å². The predicted octanol–water partition coefficient (Wildman–Crippen LogP) is 2.52. The SMILES string of the molecule is COO[SiH](C)CC=CCC(C)C.